The van der Waals surface area contributed by atoms with E-state index in [9.17, 15) is 4.39 Å². The van der Waals surface area contributed by atoms with Gasteiger partial charge in [-0.05, 0) is 25.1 Å². The summed E-state index contributed by atoms with van der Waals surface area (Å²) in [5, 5.41) is 7.49. The van der Waals surface area contributed by atoms with Crippen molar-refractivity contribution in [1.82, 2.24) is 4.98 Å². The molecule has 0 radical (unpaired) electrons. The first-order chi connectivity index (χ1) is 11.4. The molecule has 2 aromatic rings. The molecular weight excluding hydrogens is 354 g/mol. The standard InChI is InChI=1S/C16H15Cl2FN4O/c1-8(14-11(17)2-3-12(19)15(14)18)24-13-4-9(7-23-16(13)22)10(5-20)6-21/h2-8,20H,21H2,1H3,(H2,22,23)/b10-6+,20-5?. The number of aromatic nitrogens is 1. The van der Waals surface area contributed by atoms with Crippen LogP contribution in [0.3, 0.4) is 0 Å². The summed E-state index contributed by atoms with van der Waals surface area (Å²) >= 11 is 12.1. The molecule has 0 spiro atoms. The molecule has 126 valence electrons. The highest BCUT2D eigenvalue weighted by Crippen LogP contribution is 2.36. The summed E-state index contributed by atoms with van der Waals surface area (Å²) < 4.78 is 19.4. The minimum atomic E-state index is -0.676. The SMILES string of the molecule is CC(Oc1cc(/C(C=N)=C/N)cnc1N)c1c(Cl)ccc(F)c1Cl. The lowest BCUT2D eigenvalue weighted by atomic mass is 10.1. The van der Waals surface area contributed by atoms with Crippen LogP contribution in [0.2, 0.25) is 10.0 Å². The van der Waals surface area contributed by atoms with E-state index in [2.05, 4.69) is 4.98 Å². The first-order valence-electron chi connectivity index (χ1n) is 6.87. The molecule has 1 atom stereocenters. The van der Waals surface area contributed by atoms with Gasteiger partial charge in [0.15, 0.2) is 11.6 Å². The van der Waals surface area contributed by atoms with Crippen LogP contribution in [-0.2, 0) is 0 Å². The minimum Gasteiger partial charge on any atom is -0.482 e. The second-order valence-corrected chi connectivity index (χ2v) is 5.68. The van der Waals surface area contributed by atoms with Crippen molar-refractivity contribution in [3.8, 4) is 5.75 Å². The van der Waals surface area contributed by atoms with E-state index < -0.39 is 11.9 Å². The van der Waals surface area contributed by atoms with Crippen molar-refractivity contribution < 1.29 is 9.13 Å². The zero-order valence-electron chi connectivity index (χ0n) is 12.7. The van der Waals surface area contributed by atoms with Crippen molar-refractivity contribution in [2.45, 2.75) is 13.0 Å². The number of halogens is 3. The van der Waals surface area contributed by atoms with Gasteiger partial charge in [-0.2, -0.15) is 0 Å². The van der Waals surface area contributed by atoms with Crippen LogP contribution >= 0.6 is 23.2 Å². The minimum absolute atomic E-state index is 0.111. The van der Waals surface area contributed by atoms with Crippen LogP contribution in [0.1, 0.15) is 24.2 Å². The average molecular weight is 369 g/mol. The molecule has 2 rings (SSSR count). The van der Waals surface area contributed by atoms with Gasteiger partial charge < -0.3 is 21.6 Å². The van der Waals surface area contributed by atoms with Gasteiger partial charge in [0.1, 0.15) is 11.9 Å². The van der Waals surface area contributed by atoms with E-state index in [0.717, 1.165) is 6.21 Å². The van der Waals surface area contributed by atoms with Gasteiger partial charge in [0.25, 0.3) is 0 Å². The maximum Gasteiger partial charge on any atom is 0.166 e. The van der Waals surface area contributed by atoms with Crippen LogP contribution < -0.4 is 16.2 Å². The highest BCUT2D eigenvalue weighted by atomic mass is 35.5. The van der Waals surface area contributed by atoms with E-state index in [1.807, 2.05) is 0 Å². The summed E-state index contributed by atoms with van der Waals surface area (Å²) in [5.74, 6) is -0.211. The molecular formula is C16H15Cl2FN4O. The van der Waals surface area contributed by atoms with E-state index in [4.69, 9.17) is 44.8 Å². The summed E-state index contributed by atoms with van der Waals surface area (Å²) in [7, 11) is 0. The number of nitrogens with one attached hydrogen (secondary N) is 1. The van der Waals surface area contributed by atoms with Crippen molar-refractivity contribution in [3.05, 3.63) is 57.6 Å². The normalized spacial score (nSPS) is 12.8. The second-order valence-electron chi connectivity index (χ2n) is 4.89. The number of pyridine rings is 1. The third-order valence-electron chi connectivity index (χ3n) is 3.34. The Morgan fingerprint density at radius 2 is 2.12 bits per heavy atom. The third-order valence-corrected chi connectivity index (χ3v) is 4.05. The molecule has 1 unspecified atom stereocenters. The van der Waals surface area contributed by atoms with Crippen molar-refractivity contribution in [2.75, 3.05) is 5.73 Å². The Kier molecular flexibility index (Phi) is 5.64. The predicted molar refractivity (Wildman–Crippen MR) is 95.1 cm³/mol. The van der Waals surface area contributed by atoms with Gasteiger partial charge in [-0.3, -0.25) is 0 Å². The summed E-state index contributed by atoms with van der Waals surface area (Å²) in [4.78, 5) is 4.02. The summed E-state index contributed by atoms with van der Waals surface area (Å²) in [6, 6.07) is 4.17. The number of hydrogen-bond donors (Lipinski definition) is 3. The van der Waals surface area contributed by atoms with Crippen LogP contribution in [0, 0.1) is 11.2 Å². The lowest BCUT2D eigenvalue weighted by molar-refractivity contribution is 0.227. The smallest absolute Gasteiger partial charge is 0.166 e. The maximum atomic E-state index is 13.7. The van der Waals surface area contributed by atoms with Gasteiger partial charge in [-0.1, -0.05) is 23.2 Å². The van der Waals surface area contributed by atoms with Crippen LogP contribution in [-0.4, -0.2) is 11.2 Å². The fraction of sp³-hybridized carbons (Fsp3) is 0.125. The summed E-state index contributed by atoms with van der Waals surface area (Å²) in [6.45, 7) is 1.66. The quantitative estimate of drug-likeness (QED) is 0.543. The maximum absolute atomic E-state index is 13.7. The molecule has 0 bridgehead atoms. The predicted octanol–water partition coefficient (Wildman–Crippen LogP) is 4.20. The van der Waals surface area contributed by atoms with Gasteiger partial charge in [0.05, 0.1) is 5.02 Å². The van der Waals surface area contributed by atoms with Gasteiger partial charge in [0.2, 0.25) is 0 Å². The van der Waals surface area contributed by atoms with Gasteiger partial charge in [-0.15, -0.1) is 0 Å². The van der Waals surface area contributed by atoms with Crippen LogP contribution in [0.15, 0.2) is 30.6 Å². The Hall–Kier alpha value is -2.31. The lowest BCUT2D eigenvalue weighted by Gasteiger charge is -2.19. The van der Waals surface area contributed by atoms with E-state index in [1.54, 1.807) is 13.0 Å². The Morgan fingerprint density at radius 1 is 1.42 bits per heavy atom. The molecule has 0 aliphatic carbocycles. The molecule has 0 amide bonds. The Balaban J connectivity index is 2.39. The molecule has 0 saturated heterocycles. The fourth-order valence-corrected chi connectivity index (χ4v) is 2.78. The molecule has 5 N–H and O–H groups in total. The number of benzene rings is 1. The van der Waals surface area contributed by atoms with Gasteiger partial charge >= 0.3 is 0 Å². The van der Waals surface area contributed by atoms with Crippen LogP contribution in [0.25, 0.3) is 5.57 Å². The molecule has 1 heterocycles. The zero-order chi connectivity index (χ0) is 17.9. The monoisotopic (exact) mass is 368 g/mol. The van der Waals surface area contributed by atoms with Crippen molar-refractivity contribution in [3.63, 3.8) is 0 Å². The van der Waals surface area contributed by atoms with Crippen LogP contribution in [0.4, 0.5) is 10.2 Å². The first kappa shape index (κ1) is 18.0. The zero-order valence-corrected chi connectivity index (χ0v) is 14.2. The molecule has 0 aliphatic rings. The Morgan fingerprint density at radius 3 is 2.75 bits per heavy atom. The van der Waals surface area contributed by atoms with Gasteiger partial charge in [-0.25, -0.2) is 9.37 Å². The van der Waals surface area contributed by atoms with Gasteiger partial charge in [0, 0.05) is 40.3 Å². The molecule has 5 nitrogen and oxygen atoms in total. The number of ether oxygens (including phenoxy) is 1. The average Bonchev–Trinajstić information content (AvgIpc) is 2.55. The molecule has 0 aliphatic heterocycles. The highest BCUT2D eigenvalue weighted by Gasteiger charge is 2.20. The number of hydrogen-bond acceptors (Lipinski definition) is 5. The Labute approximate surface area is 148 Å². The molecule has 8 heteroatoms. The number of nitrogens with two attached hydrogens (primary N) is 2. The van der Waals surface area contributed by atoms with Crippen LogP contribution in [0.5, 0.6) is 5.75 Å². The topological polar surface area (TPSA) is 98.0 Å². The largest absolute Gasteiger partial charge is 0.482 e. The van der Waals surface area contributed by atoms with Crippen molar-refractivity contribution in [2.24, 2.45) is 5.73 Å². The first-order valence-corrected chi connectivity index (χ1v) is 7.63. The number of allylic oxidation sites excluding steroid dienone is 1. The number of anilines is 1. The molecule has 0 saturated carbocycles. The van der Waals surface area contributed by atoms with Crippen molar-refractivity contribution >= 4 is 40.8 Å². The van der Waals surface area contributed by atoms with E-state index >= 15 is 0 Å². The molecule has 1 aromatic heterocycles. The number of nitrogen functional groups attached to an aromatic ring is 1. The van der Waals surface area contributed by atoms with Crippen molar-refractivity contribution in [1.29, 1.82) is 5.41 Å². The van der Waals surface area contributed by atoms with E-state index in [0.29, 0.717) is 16.7 Å². The highest BCUT2D eigenvalue weighted by molar-refractivity contribution is 6.36. The lowest BCUT2D eigenvalue weighted by Crippen LogP contribution is -2.08. The summed E-state index contributed by atoms with van der Waals surface area (Å²) in [6.07, 6.45) is 3.15. The van der Waals surface area contributed by atoms with E-state index in [-0.39, 0.29) is 21.6 Å². The number of rotatable bonds is 5. The number of nitrogens with zero attached hydrogens (tertiary/aromatic N) is 1. The fourth-order valence-electron chi connectivity index (χ4n) is 2.10. The van der Waals surface area contributed by atoms with E-state index in [1.165, 1.54) is 24.5 Å². The molecule has 1 aromatic carbocycles. The third kappa shape index (κ3) is 3.60. The summed E-state index contributed by atoms with van der Waals surface area (Å²) in [5.41, 5.74) is 12.6. The molecule has 0 fully saturated rings. The molecule has 24 heavy (non-hydrogen) atoms. The Bertz CT molecular complexity index is 811. The second kappa shape index (κ2) is 7.51.